The van der Waals surface area contributed by atoms with Crippen molar-refractivity contribution in [2.24, 2.45) is 0 Å². The van der Waals surface area contributed by atoms with Crippen molar-refractivity contribution in [2.75, 3.05) is 0 Å². The number of benzene rings is 2. The largest absolute Gasteiger partial charge is 0.160 e. The van der Waals surface area contributed by atoms with Crippen LogP contribution in [0.1, 0.15) is 5.56 Å². The molecule has 0 bridgehead atoms. The minimum Gasteiger partial charge on any atom is -0.0618 e. The maximum absolute atomic E-state index is 3.57. The van der Waals surface area contributed by atoms with Crippen molar-refractivity contribution in [3.8, 4) is 11.1 Å². The molecular weight excluding hydrogens is 476 g/mol. The monoisotopic (exact) mass is 480 g/mol. The maximum Gasteiger partial charge on any atom is 0.160 e. The van der Waals surface area contributed by atoms with E-state index >= 15 is 0 Å². The normalized spacial score (nSPS) is 11.5. The molecule has 0 amide bonds. The van der Waals surface area contributed by atoms with E-state index in [2.05, 4.69) is 88.0 Å². The van der Waals surface area contributed by atoms with Crippen LogP contribution in [0.15, 0.2) is 53.0 Å². The predicted molar refractivity (Wildman–Crippen MR) is 88.0 cm³/mol. The Morgan fingerprint density at radius 2 is 1.53 bits per heavy atom. The average molecular weight is 484 g/mol. The highest BCUT2D eigenvalue weighted by atomic mass is 80.0. The molecule has 4 heteroatoms. The van der Waals surface area contributed by atoms with Crippen molar-refractivity contribution in [1.82, 2.24) is 0 Å². The molecule has 17 heavy (non-hydrogen) atoms. The summed E-state index contributed by atoms with van der Waals surface area (Å²) in [6.45, 7) is 0. The van der Waals surface area contributed by atoms with Gasteiger partial charge in [-0.05, 0) is 28.8 Å². The molecule has 0 aliphatic carbocycles. The number of alkyl halides is 3. The van der Waals surface area contributed by atoms with E-state index in [1.54, 1.807) is 0 Å². The zero-order chi connectivity index (χ0) is 12.5. The lowest BCUT2D eigenvalue weighted by Crippen LogP contribution is -2.00. The van der Waals surface area contributed by atoms with Gasteiger partial charge < -0.3 is 0 Å². The molecule has 0 spiro atoms. The quantitative estimate of drug-likeness (QED) is 0.411. The van der Waals surface area contributed by atoms with Crippen molar-refractivity contribution >= 4 is 63.7 Å². The molecule has 0 radical (unpaired) electrons. The lowest BCUT2D eigenvalue weighted by Gasteiger charge is -2.17. The van der Waals surface area contributed by atoms with Gasteiger partial charge in [0.25, 0.3) is 0 Å². The Bertz CT molecular complexity index is 529. The number of halogens is 4. The van der Waals surface area contributed by atoms with Gasteiger partial charge in [0.05, 0.1) is 0 Å². The zero-order valence-electron chi connectivity index (χ0n) is 8.63. The summed E-state index contributed by atoms with van der Waals surface area (Å²) >= 11 is 14.2. The van der Waals surface area contributed by atoms with Crippen molar-refractivity contribution < 1.29 is 0 Å². The minimum absolute atomic E-state index is 0.397. The fourth-order valence-corrected chi connectivity index (χ4v) is 3.07. The summed E-state index contributed by atoms with van der Waals surface area (Å²) in [5.41, 5.74) is 3.50. The highest BCUT2D eigenvalue weighted by Crippen LogP contribution is 2.48. The van der Waals surface area contributed by atoms with E-state index in [1.807, 2.05) is 24.3 Å². The third-order valence-corrected chi connectivity index (χ3v) is 4.14. The van der Waals surface area contributed by atoms with E-state index in [4.69, 9.17) is 0 Å². The summed E-state index contributed by atoms with van der Waals surface area (Å²) in [7, 11) is 0. The molecule has 0 atom stereocenters. The fraction of sp³-hybridized carbons (Fsp3) is 0.0769. The Balaban J connectivity index is 2.60. The third-order valence-electron chi connectivity index (χ3n) is 2.37. The first-order chi connectivity index (χ1) is 7.98. The molecule has 0 heterocycles. The van der Waals surface area contributed by atoms with E-state index < -0.39 is 2.14 Å². The molecule has 0 saturated carbocycles. The van der Waals surface area contributed by atoms with Gasteiger partial charge in [-0.2, -0.15) is 0 Å². The smallest absolute Gasteiger partial charge is 0.0618 e. The van der Waals surface area contributed by atoms with Crippen LogP contribution in [-0.2, 0) is 2.14 Å². The second-order valence-electron chi connectivity index (χ2n) is 3.55. The molecule has 0 aromatic heterocycles. The van der Waals surface area contributed by atoms with Crippen molar-refractivity contribution in [1.29, 1.82) is 0 Å². The molecule has 0 fully saturated rings. The highest BCUT2D eigenvalue weighted by Gasteiger charge is 2.24. The van der Waals surface area contributed by atoms with Gasteiger partial charge in [0.2, 0.25) is 0 Å². The second-order valence-corrected chi connectivity index (χ2v) is 11.2. The van der Waals surface area contributed by atoms with E-state index in [0.717, 1.165) is 10.0 Å². The summed E-state index contributed by atoms with van der Waals surface area (Å²) in [6.07, 6.45) is 0. The van der Waals surface area contributed by atoms with Crippen molar-refractivity contribution in [3.63, 3.8) is 0 Å². The van der Waals surface area contributed by atoms with Crippen LogP contribution in [0, 0.1) is 0 Å². The Morgan fingerprint density at radius 1 is 0.824 bits per heavy atom. The lowest BCUT2D eigenvalue weighted by atomic mass is 10.0. The minimum atomic E-state index is -0.397. The SMILES string of the molecule is Brc1cccc(-c2ccccc2C(Br)(Br)Br)c1. The maximum atomic E-state index is 3.57. The van der Waals surface area contributed by atoms with Crippen LogP contribution in [0.2, 0.25) is 0 Å². The lowest BCUT2D eigenvalue weighted by molar-refractivity contribution is 1.36. The molecule has 0 unspecified atom stereocenters. The molecule has 0 nitrogen and oxygen atoms in total. The van der Waals surface area contributed by atoms with Gasteiger partial charge >= 0.3 is 0 Å². The van der Waals surface area contributed by atoms with Crippen LogP contribution in [0.3, 0.4) is 0 Å². The summed E-state index contributed by atoms with van der Waals surface area (Å²) in [4.78, 5) is 0. The standard InChI is InChI=1S/C13H8Br4/c14-10-5-3-4-9(8-10)11-6-1-2-7-12(11)13(15,16)17/h1-8H. The van der Waals surface area contributed by atoms with Crippen LogP contribution in [0.25, 0.3) is 11.1 Å². The van der Waals surface area contributed by atoms with Crippen LogP contribution in [-0.4, -0.2) is 0 Å². The average Bonchev–Trinajstić information content (AvgIpc) is 2.28. The molecule has 2 rings (SSSR count). The van der Waals surface area contributed by atoms with Gasteiger partial charge in [0.15, 0.2) is 2.14 Å². The van der Waals surface area contributed by atoms with Crippen molar-refractivity contribution in [2.45, 2.75) is 2.14 Å². The van der Waals surface area contributed by atoms with E-state index in [-0.39, 0.29) is 0 Å². The first kappa shape index (κ1) is 13.8. The van der Waals surface area contributed by atoms with Crippen LogP contribution in [0.5, 0.6) is 0 Å². The van der Waals surface area contributed by atoms with Gasteiger partial charge in [-0.25, -0.2) is 0 Å². The molecule has 0 N–H and O–H groups in total. The summed E-state index contributed by atoms with van der Waals surface area (Å²) in [6, 6.07) is 16.5. The van der Waals surface area contributed by atoms with Gasteiger partial charge in [0, 0.05) is 4.47 Å². The molecule has 0 aliphatic rings. The van der Waals surface area contributed by atoms with E-state index in [9.17, 15) is 0 Å². The van der Waals surface area contributed by atoms with Gasteiger partial charge in [-0.15, -0.1) is 0 Å². The summed E-state index contributed by atoms with van der Waals surface area (Å²) in [5.74, 6) is 0. The molecule has 2 aromatic rings. The molecule has 0 aliphatic heterocycles. The van der Waals surface area contributed by atoms with Gasteiger partial charge in [-0.1, -0.05) is 100 Å². The number of hydrogen-bond acceptors (Lipinski definition) is 0. The van der Waals surface area contributed by atoms with E-state index in [1.165, 1.54) is 11.1 Å². The molecular formula is C13H8Br4. The first-order valence-corrected chi connectivity index (χ1v) is 8.08. The topological polar surface area (TPSA) is 0 Å². The Kier molecular flexibility index (Phi) is 4.50. The predicted octanol–water partition coefficient (Wildman–Crippen LogP) is 6.41. The molecule has 2 aromatic carbocycles. The Labute approximate surface area is 134 Å². The molecule has 0 saturated heterocycles. The summed E-state index contributed by atoms with van der Waals surface area (Å²) in [5, 5.41) is 0. The Hall–Kier alpha value is 0.360. The first-order valence-electron chi connectivity index (χ1n) is 4.90. The van der Waals surface area contributed by atoms with Crippen molar-refractivity contribution in [3.05, 3.63) is 58.6 Å². The summed E-state index contributed by atoms with van der Waals surface area (Å²) < 4.78 is 0.681. The highest BCUT2D eigenvalue weighted by molar-refractivity contribution is 9.38. The van der Waals surface area contributed by atoms with Gasteiger partial charge in [-0.3, -0.25) is 0 Å². The van der Waals surface area contributed by atoms with Gasteiger partial charge in [0.1, 0.15) is 0 Å². The zero-order valence-corrected chi connectivity index (χ0v) is 15.0. The van der Waals surface area contributed by atoms with Crippen LogP contribution in [0.4, 0.5) is 0 Å². The fourth-order valence-electron chi connectivity index (χ4n) is 1.64. The molecule has 88 valence electrons. The Morgan fingerprint density at radius 3 is 2.18 bits per heavy atom. The third kappa shape index (κ3) is 3.43. The van der Waals surface area contributed by atoms with Crippen LogP contribution >= 0.6 is 63.7 Å². The van der Waals surface area contributed by atoms with E-state index in [0.29, 0.717) is 0 Å². The number of hydrogen-bond donors (Lipinski definition) is 0. The number of rotatable bonds is 1. The van der Waals surface area contributed by atoms with Crippen LogP contribution < -0.4 is 0 Å². The second kappa shape index (κ2) is 5.55.